The molecule has 1 aromatic heterocycles. The number of ether oxygens (including phenoxy) is 1. The molecule has 0 aromatic carbocycles. The fourth-order valence-electron chi connectivity index (χ4n) is 2.18. The molecule has 0 amide bonds. The lowest BCUT2D eigenvalue weighted by Gasteiger charge is -2.23. The second-order valence-corrected chi connectivity index (χ2v) is 5.96. The number of unbranched alkanes of at least 4 members (excludes halogenated alkanes) is 1. The molecule has 4 nitrogen and oxygen atoms in total. The summed E-state index contributed by atoms with van der Waals surface area (Å²) in [5.41, 5.74) is 1.24. The maximum absolute atomic E-state index is 5.16. The molecule has 1 unspecified atom stereocenters. The topological polar surface area (TPSA) is 39.1 Å². The van der Waals surface area contributed by atoms with Crippen LogP contribution in [0.25, 0.3) is 0 Å². The molecule has 0 aliphatic carbocycles. The molecular formula is C14H26BrN3O. The largest absolute Gasteiger partial charge is 0.383 e. The van der Waals surface area contributed by atoms with Crippen molar-refractivity contribution in [2.24, 2.45) is 0 Å². The first-order chi connectivity index (χ1) is 9.10. The first-order valence-electron chi connectivity index (χ1n) is 7.06. The lowest BCUT2D eigenvalue weighted by atomic mass is 10.1. The number of aromatic nitrogens is 2. The third-order valence-corrected chi connectivity index (χ3v) is 3.66. The maximum Gasteiger partial charge on any atom is 0.0696 e. The van der Waals surface area contributed by atoms with E-state index in [0.717, 1.165) is 17.4 Å². The van der Waals surface area contributed by atoms with Gasteiger partial charge in [0.15, 0.2) is 0 Å². The van der Waals surface area contributed by atoms with Crippen molar-refractivity contribution in [3.8, 4) is 0 Å². The van der Waals surface area contributed by atoms with Crippen molar-refractivity contribution >= 4 is 15.9 Å². The Morgan fingerprint density at radius 1 is 1.47 bits per heavy atom. The molecule has 1 atom stereocenters. The lowest BCUT2D eigenvalue weighted by Crippen LogP contribution is -2.30. The van der Waals surface area contributed by atoms with Gasteiger partial charge in [0.2, 0.25) is 0 Å². The van der Waals surface area contributed by atoms with Crippen LogP contribution in [0.15, 0.2) is 10.7 Å². The highest BCUT2D eigenvalue weighted by Gasteiger charge is 2.20. The van der Waals surface area contributed by atoms with Crippen molar-refractivity contribution < 1.29 is 4.74 Å². The quantitative estimate of drug-likeness (QED) is 0.752. The van der Waals surface area contributed by atoms with Gasteiger partial charge in [-0.25, -0.2) is 0 Å². The van der Waals surface area contributed by atoms with Crippen molar-refractivity contribution in [2.45, 2.75) is 58.7 Å². The van der Waals surface area contributed by atoms with E-state index in [9.17, 15) is 0 Å². The van der Waals surface area contributed by atoms with E-state index < -0.39 is 0 Å². The van der Waals surface area contributed by atoms with E-state index in [-0.39, 0.29) is 0 Å². The highest BCUT2D eigenvalue weighted by molar-refractivity contribution is 9.10. The molecule has 0 radical (unpaired) electrons. The number of nitrogens with one attached hydrogen (secondary N) is 1. The molecule has 0 saturated carbocycles. The van der Waals surface area contributed by atoms with Gasteiger partial charge < -0.3 is 10.1 Å². The summed E-state index contributed by atoms with van der Waals surface area (Å²) in [6.45, 7) is 8.07. The highest BCUT2D eigenvalue weighted by Crippen LogP contribution is 2.27. The smallest absolute Gasteiger partial charge is 0.0696 e. The summed E-state index contributed by atoms with van der Waals surface area (Å²) < 4.78 is 8.28. The average molecular weight is 332 g/mol. The minimum Gasteiger partial charge on any atom is -0.383 e. The van der Waals surface area contributed by atoms with Gasteiger partial charge in [-0.15, -0.1) is 0 Å². The minimum absolute atomic E-state index is 0.341. The van der Waals surface area contributed by atoms with E-state index in [2.05, 4.69) is 47.1 Å². The van der Waals surface area contributed by atoms with Crippen LogP contribution in [0, 0.1) is 0 Å². The Balaban J connectivity index is 2.88. The van der Waals surface area contributed by atoms with Crippen LogP contribution in [0.4, 0.5) is 0 Å². The fraction of sp³-hybridized carbons (Fsp3) is 0.786. The second-order valence-electron chi connectivity index (χ2n) is 5.11. The molecule has 0 bridgehead atoms. The van der Waals surface area contributed by atoms with Gasteiger partial charge in [0.25, 0.3) is 0 Å². The molecule has 110 valence electrons. The maximum atomic E-state index is 5.16. The fourth-order valence-corrected chi connectivity index (χ4v) is 2.76. The van der Waals surface area contributed by atoms with Gasteiger partial charge in [-0.1, -0.05) is 33.6 Å². The van der Waals surface area contributed by atoms with Gasteiger partial charge in [-0.05, 0) is 22.4 Å². The molecule has 1 rings (SSSR count). The first kappa shape index (κ1) is 16.7. The zero-order chi connectivity index (χ0) is 14.3. The van der Waals surface area contributed by atoms with Gasteiger partial charge in [-0.2, -0.15) is 5.10 Å². The number of methoxy groups -OCH3 is 1. The van der Waals surface area contributed by atoms with E-state index in [1.54, 1.807) is 7.11 Å². The van der Waals surface area contributed by atoms with Crippen LogP contribution in [-0.2, 0) is 11.3 Å². The van der Waals surface area contributed by atoms with Crippen molar-refractivity contribution in [1.82, 2.24) is 15.1 Å². The molecule has 1 N–H and O–H groups in total. The molecule has 0 aliphatic rings. The van der Waals surface area contributed by atoms with Crippen molar-refractivity contribution in [1.29, 1.82) is 0 Å². The standard InChI is InChI=1S/C14H26BrN3O/c1-5-6-7-13(17-11(2)3)14-12(15)10-16-18(14)8-9-19-4/h10-11,13,17H,5-9H2,1-4H3. The Bertz CT molecular complexity index is 366. The predicted octanol–water partition coefficient (Wildman–Crippen LogP) is 3.52. The molecule has 1 heterocycles. The van der Waals surface area contributed by atoms with Crippen LogP contribution in [0.2, 0.25) is 0 Å². The summed E-state index contributed by atoms with van der Waals surface area (Å²) in [6.07, 6.45) is 5.43. The van der Waals surface area contributed by atoms with Crippen molar-refractivity contribution in [3.63, 3.8) is 0 Å². The molecular weight excluding hydrogens is 306 g/mol. The minimum atomic E-state index is 0.341. The zero-order valence-electron chi connectivity index (χ0n) is 12.4. The number of halogens is 1. The van der Waals surface area contributed by atoms with E-state index in [4.69, 9.17) is 4.74 Å². The Kier molecular flexibility index (Phi) is 7.64. The van der Waals surface area contributed by atoms with E-state index in [1.165, 1.54) is 18.5 Å². The molecule has 5 heteroatoms. The molecule has 0 aliphatic heterocycles. The Labute approximate surface area is 125 Å². The van der Waals surface area contributed by atoms with Crippen LogP contribution in [0.5, 0.6) is 0 Å². The second kappa shape index (κ2) is 8.72. The number of rotatable bonds is 9. The Morgan fingerprint density at radius 3 is 2.79 bits per heavy atom. The Hall–Kier alpha value is -0.390. The van der Waals surface area contributed by atoms with Crippen LogP contribution >= 0.6 is 15.9 Å². The highest BCUT2D eigenvalue weighted by atomic mass is 79.9. The van der Waals surface area contributed by atoms with Gasteiger partial charge in [-0.3, -0.25) is 4.68 Å². The van der Waals surface area contributed by atoms with E-state index >= 15 is 0 Å². The molecule has 0 spiro atoms. The summed E-state index contributed by atoms with van der Waals surface area (Å²) >= 11 is 3.63. The number of hydrogen-bond donors (Lipinski definition) is 1. The number of nitrogens with zero attached hydrogens (tertiary/aromatic N) is 2. The monoisotopic (exact) mass is 331 g/mol. The third kappa shape index (κ3) is 5.24. The Morgan fingerprint density at radius 2 is 2.21 bits per heavy atom. The predicted molar refractivity (Wildman–Crippen MR) is 82.3 cm³/mol. The summed E-state index contributed by atoms with van der Waals surface area (Å²) in [6, 6.07) is 0.799. The molecule has 0 saturated heterocycles. The summed E-state index contributed by atoms with van der Waals surface area (Å²) in [5, 5.41) is 8.08. The summed E-state index contributed by atoms with van der Waals surface area (Å²) in [4.78, 5) is 0. The molecule has 19 heavy (non-hydrogen) atoms. The zero-order valence-corrected chi connectivity index (χ0v) is 14.0. The van der Waals surface area contributed by atoms with Crippen molar-refractivity contribution in [3.05, 3.63) is 16.4 Å². The summed E-state index contributed by atoms with van der Waals surface area (Å²) in [7, 11) is 1.72. The van der Waals surface area contributed by atoms with Crippen LogP contribution in [-0.4, -0.2) is 29.5 Å². The van der Waals surface area contributed by atoms with Gasteiger partial charge >= 0.3 is 0 Å². The number of hydrogen-bond acceptors (Lipinski definition) is 3. The van der Waals surface area contributed by atoms with E-state index in [1.807, 2.05) is 10.9 Å². The first-order valence-corrected chi connectivity index (χ1v) is 7.85. The van der Waals surface area contributed by atoms with Crippen LogP contribution in [0.1, 0.15) is 51.8 Å². The molecule has 0 fully saturated rings. The van der Waals surface area contributed by atoms with E-state index in [0.29, 0.717) is 18.7 Å². The van der Waals surface area contributed by atoms with Gasteiger partial charge in [0.1, 0.15) is 0 Å². The SMILES string of the molecule is CCCCC(NC(C)C)c1c(Br)cnn1CCOC. The van der Waals surface area contributed by atoms with Gasteiger partial charge in [0, 0.05) is 13.2 Å². The summed E-state index contributed by atoms with van der Waals surface area (Å²) in [5.74, 6) is 0. The van der Waals surface area contributed by atoms with Crippen LogP contribution in [0.3, 0.4) is 0 Å². The molecule has 1 aromatic rings. The van der Waals surface area contributed by atoms with Gasteiger partial charge in [0.05, 0.1) is 35.6 Å². The normalized spacial score (nSPS) is 13.2. The average Bonchev–Trinajstić information content (AvgIpc) is 2.73. The van der Waals surface area contributed by atoms with Crippen molar-refractivity contribution in [2.75, 3.05) is 13.7 Å². The lowest BCUT2D eigenvalue weighted by molar-refractivity contribution is 0.181. The third-order valence-electron chi connectivity index (χ3n) is 3.05. The van der Waals surface area contributed by atoms with Crippen LogP contribution < -0.4 is 5.32 Å².